The van der Waals surface area contributed by atoms with E-state index in [0.29, 0.717) is 0 Å². The second-order valence-corrected chi connectivity index (χ2v) is 7.14. The molecule has 1 atom stereocenters. The lowest BCUT2D eigenvalue weighted by Gasteiger charge is -2.05. The summed E-state index contributed by atoms with van der Waals surface area (Å²) >= 11 is 6.09. The summed E-state index contributed by atoms with van der Waals surface area (Å²) in [6, 6.07) is 0. The third kappa shape index (κ3) is 6.21. The van der Waals surface area contributed by atoms with Gasteiger partial charge in [0, 0.05) is 6.26 Å². The van der Waals surface area contributed by atoms with E-state index in [9.17, 15) is 8.42 Å². The van der Waals surface area contributed by atoms with Crippen LogP contribution in [-0.4, -0.2) is 25.8 Å². The average molecular weight is 251 g/mol. The topological polar surface area (TPSA) is 34.1 Å². The first-order valence-corrected chi connectivity index (χ1v) is 7.98. The van der Waals surface area contributed by atoms with Gasteiger partial charge in [-0.05, 0) is 32.1 Å². The minimum Gasteiger partial charge on any atom is -0.229 e. The molecular formula is C11H19ClO2S. The molecule has 1 rings (SSSR count). The summed E-state index contributed by atoms with van der Waals surface area (Å²) in [5.74, 6) is 0.289. The SMILES string of the molecule is CS(=O)(=O)CCCC1=CC(Cl)CCCC1. The maximum atomic E-state index is 11.0. The summed E-state index contributed by atoms with van der Waals surface area (Å²) in [6.45, 7) is 0. The number of alkyl halides is 1. The molecule has 15 heavy (non-hydrogen) atoms. The van der Waals surface area contributed by atoms with Gasteiger partial charge in [0.2, 0.25) is 0 Å². The first-order valence-electron chi connectivity index (χ1n) is 5.49. The molecule has 4 heteroatoms. The lowest BCUT2D eigenvalue weighted by molar-refractivity contribution is 0.598. The van der Waals surface area contributed by atoms with Crippen LogP contribution in [0.4, 0.5) is 0 Å². The molecule has 0 spiro atoms. The second kappa shape index (κ2) is 5.90. The second-order valence-electron chi connectivity index (χ2n) is 4.32. The summed E-state index contributed by atoms with van der Waals surface area (Å²) in [5.41, 5.74) is 1.34. The van der Waals surface area contributed by atoms with Gasteiger partial charge in [-0.1, -0.05) is 18.1 Å². The minimum absolute atomic E-state index is 0.153. The van der Waals surface area contributed by atoms with Gasteiger partial charge in [0.05, 0.1) is 11.1 Å². The fraction of sp³-hybridized carbons (Fsp3) is 0.818. The molecule has 0 aromatic rings. The molecule has 0 radical (unpaired) electrons. The molecule has 2 nitrogen and oxygen atoms in total. The van der Waals surface area contributed by atoms with Gasteiger partial charge in [-0.15, -0.1) is 11.6 Å². The van der Waals surface area contributed by atoms with Crippen molar-refractivity contribution >= 4 is 21.4 Å². The van der Waals surface area contributed by atoms with Gasteiger partial charge in [0.15, 0.2) is 0 Å². The van der Waals surface area contributed by atoms with E-state index in [2.05, 4.69) is 6.08 Å². The maximum Gasteiger partial charge on any atom is 0.147 e. The zero-order valence-electron chi connectivity index (χ0n) is 9.21. The highest BCUT2D eigenvalue weighted by Gasteiger charge is 2.10. The van der Waals surface area contributed by atoms with E-state index in [1.54, 1.807) is 0 Å². The summed E-state index contributed by atoms with van der Waals surface area (Å²) in [4.78, 5) is 0. The third-order valence-electron chi connectivity index (χ3n) is 2.66. The Labute approximate surface area is 97.6 Å². The van der Waals surface area contributed by atoms with Crippen molar-refractivity contribution in [3.05, 3.63) is 11.6 Å². The Morgan fingerprint density at radius 2 is 2.20 bits per heavy atom. The molecule has 0 amide bonds. The fourth-order valence-electron chi connectivity index (χ4n) is 1.88. The van der Waals surface area contributed by atoms with Crippen molar-refractivity contribution in [3.63, 3.8) is 0 Å². The largest absolute Gasteiger partial charge is 0.229 e. The number of sulfone groups is 1. The van der Waals surface area contributed by atoms with Crippen LogP contribution in [0.5, 0.6) is 0 Å². The van der Waals surface area contributed by atoms with Crippen molar-refractivity contribution in [2.24, 2.45) is 0 Å². The van der Waals surface area contributed by atoms with E-state index in [0.717, 1.165) is 25.7 Å². The van der Waals surface area contributed by atoms with Crippen LogP contribution in [0.1, 0.15) is 38.5 Å². The van der Waals surface area contributed by atoms with E-state index in [1.165, 1.54) is 24.7 Å². The van der Waals surface area contributed by atoms with Gasteiger partial charge in [0.25, 0.3) is 0 Å². The average Bonchev–Trinajstić information content (AvgIpc) is 2.27. The van der Waals surface area contributed by atoms with E-state index in [1.807, 2.05) is 0 Å². The van der Waals surface area contributed by atoms with E-state index >= 15 is 0 Å². The normalized spacial score (nSPS) is 23.3. The number of hydrogen-bond donors (Lipinski definition) is 0. The molecule has 1 unspecified atom stereocenters. The molecule has 0 aliphatic heterocycles. The number of rotatable bonds is 4. The van der Waals surface area contributed by atoms with Crippen molar-refractivity contribution in [2.75, 3.05) is 12.0 Å². The lowest BCUT2D eigenvalue weighted by atomic mass is 10.1. The number of hydrogen-bond acceptors (Lipinski definition) is 2. The molecule has 1 aliphatic rings. The van der Waals surface area contributed by atoms with Crippen LogP contribution in [-0.2, 0) is 9.84 Å². The standard InChI is InChI=1S/C11H19ClO2S/c1-15(13,14)8-4-6-10-5-2-3-7-11(12)9-10/h9,11H,2-8H2,1H3. The molecule has 0 saturated carbocycles. The summed E-state index contributed by atoms with van der Waals surface area (Å²) < 4.78 is 21.9. The smallest absolute Gasteiger partial charge is 0.147 e. The summed E-state index contributed by atoms with van der Waals surface area (Å²) in [7, 11) is -2.81. The van der Waals surface area contributed by atoms with E-state index in [4.69, 9.17) is 11.6 Å². The molecular weight excluding hydrogens is 232 g/mol. The molecule has 0 fully saturated rings. The van der Waals surface area contributed by atoms with Crippen LogP contribution < -0.4 is 0 Å². The van der Waals surface area contributed by atoms with Gasteiger partial charge in [-0.3, -0.25) is 0 Å². The first kappa shape index (κ1) is 13.0. The van der Waals surface area contributed by atoms with Crippen LogP contribution in [0.2, 0.25) is 0 Å². The summed E-state index contributed by atoms with van der Waals surface area (Å²) in [5, 5.41) is 0.153. The Kier molecular flexibility index (Phi) is 5.13. The quantitative estimate of drug-likeness (QED) is 0.568. The Hall–Kier alpha value is -0.0200. The summed E-state index contributed by atoms with van der Waals surface area (Å²) in [6.07, 6.45) is 9.54. The lowest BCUT2D eigenvalue weighted by Crippen LogP contribution is -2.03. The predicted octanol–water partition coefficient (Wildman–Crippen LogP) is 2.92. The van der Waals surface area contributed by atoms with Gasteiger partial charge in [0.1, 0.15) is 9.84 Å². The zero-order valence-corrected chi connectivity index (χ0v) is 10.8. The van der Waals surface area contributed by atoms with Gasteiger partial charge >= 0.3 is 0 Å². The van der Waals surface area contributed by atoms with Crippen LogP contribution in [0, 0.1) is 0 Å². The molecule has 0 aromatic heterocycles. The minimum atomic E-state index is -2.81. The van der Waals surface area contributed by atoms with Crippen LogP contribution in [0.3, 0.4) is 0 Å². The maximum absolute atomic E-state index is 11.0. The van der Waals surface area contributed by atoms with Crippen LogP contribution in [0.25, 0.3) is 0 Å². The van der Waals surface area contributed by atoms with Crippen molar-refractivity contribution < 1.29 is 8.42 Å². The molecule has 0 saturated heterocycles. The fourth-order valence-corrected chi connectivity index (χ4v) is 2.88. The molecule has 0 bridgehead atoms. The Morgan fingerprint density at radius 1 is 1.47 bits per heavy atom. The predicted molar refractivity (Wildman–Crippen MR) is 65.1 cm³/mol. The van der Waals surface area contributed by atoms with Crippen molar-refractivity contribution in [1.82, 2.24) is 0 Å². The molecule has 88 valence electrons. The zero-order chi connectivity index (χ0) is 11.3. The van der Waals surface area contributed by atoms with Gasteiger partial charge < -0.3 is 0 Å². The Bertz CT molecular complexity index is 319. The Morgan fingerprint density at radius 3 is 2.87 bits per heavy atom. The highest BCUT2D eigenvalue weighted by molar-refractivity contribution is 7.90. The monoisotopic (exact) mass is 250 g/mol. The van der Waals surface area contributed by atoms with E-state index < -0.39 is 9.84 Å². The molecule has 1 aliphatic carbocycles. The van der Waals surface area contributed by atoms with Crippen LogP contribution in [0.15, 0.2) is 11.6 Å². The van der Waals surface area contributed by atoms with Crippen LogP contribution >= 0.6 is 11.6 Å². The number of halogens is 1. The highest BCUT2D eigenvalue weighted by atomic mass is 35.5. The van der Waals surface area contributed by atoms with Crippen molar-refractivity contribution in [3.8, 4) is 0 Å². The first-order chi connectivity index (χ1) is 6.97. The molecule has 0 aromatic carbocycles. The highest BCUT2D eigenvalue weighted by Crippen LogP contribution is 2.23. The molecule has 0 heterocycles. The van der Waals surface area contributed by atoms with Gasteiger partial charge in [-0.2, -0.15) is 0 Å². The van der Waals surface area contributed by atoms with Crippen molar-refractivity contribution in [2.45, 2.75) is 43.9 Å². The molecule has 0 N–H and O–H groups in total. The number of allylic oxidation sites excluding steroid dienone is 2. The van der Waals surface area contributed by atoms with E-state index in [-0.39, 0.29) is 11.1 Å². The third-order valence-corrected chi connectivity index (χ3v) is 4.03. The Balaban J connectivity index is 2.37. The van der Waals surface area contributed by atoms with Gasteiger partial charge in [-0.25, -0.2) is 8.42 Å². The van der Waals surface area contributed by atoms with Crippen molar-refractivity contribution in [1.29, 1.82) is 0 Å².